The Bertz CT molecular complexity index is 1120. The fourth-order valence-electron chi connectivity index (χ4n) is 4.32. The molecule has 2 saturated heterocycles. The van der Waals surface area contributed by atoms with Crippen molar-refractivity contribution in [2.24, 2.45) is 0 Å². The number of ketones is 2. The second-order valence-corrected chi connectivity index (χ2v) is 9.30. The van der Waals surface area contributed by atoms with E-state index < -0.39 is 21.6 Å². The van der Waals surface area contributed by atoms with Gasteiger partial charge in [0.05, 0.1) is 23.7 Å². The maximum atomic E-state index is 13.4. The van der Waals surface area contributed by atoms with Gasteiger partial charge in [-0.2, -0.15) is 4.31 Å². The molecule has 2 heterocycles. The van der Waals surface area contributed by atoms with Crippen LogP contribution in [-0.2, 0) is 19.5 Å². The van der Waals surface area contributed by atoms with Gasteiger partial charge in [0.15, 0.2) is 17.4 Å². The number of benzene rings is 2. The van der Waals surface area contributed by atoms with Crippen molar-refractivity contribution in [3.63, 3.8) is 0 Å². The minimum atomic E-state index is -3.96. The Hall–Kier alpha value is -2.39. The molecule has 29 heavy (non-hydrogen) atoms. The van der Waals surface area contributed by atoms with E-state index >= 15 is 0 Å². The molecule has 0 bridgehead atoms. The first-order chi connectivity index (χ1) is 13.9. The highest BCUT2D eigenvalue weighted by Gasteiger charge is 2.44. The summed E-state index contributed by atoms with van der Waals surface area (Å²) in [6.07, 6.45) is 0.855. The minimum Gasteiger partial charge on any atom is -0.347 e. The van der Waals surface area contributed by atoms with Crippen molar-refractivity contribution in [2.45, 2.75) is 23.5 Å². The van der Waals surface area contributed by atoms with E-state index in [9.17, 15) is 18.0 Å². The van der Waals surface area contributed by atoms with E-state index in [2.05, 4.69) is 0 Å². The zero-order valence-corrected chi connectivity index (χ0v) is 16.4. The lowest BCUT2D eigenvalue weighted by atomic mass is 9.84. The van der Waals surface area contributed by atoms with E-state index in [1.54, 1.807) is 24.3 Å². The first-order valence-electron chi connectivity index (χ1n) is 9.52. The van der Waals surface area contributed by atoms with E-state index in [-0.39, 0.29) is 40.5 Å². The summed E-state index contributed by atoms with van der Waals surface area (Å²) < 4.78 is 39.5. The first kappa shape index (κ1) is 18.6. The van der Waals surface area contributed by atoms with Crippen LogP contribution in [-0.4, -0.2) is 56.4 Å². The van der Waals surface area contributed by atoms with Crippen molar-refractivity contribution in [3.05, 3.63) is 64.7 Å². The molecule has 0 radical (unpaired) electrons. The molecule has 1 aliphatic carbocycles. The van der Waals surface area contributed by atoms with Gasteiger partial charge in [-0.3, -0.25) is 9.59 Å². The van der Waals surface area contributed by atoms with E-state index in [4.69, 9.17) is 9.47 Å². The second kappa shape index (κ2) is 6.56. The maximum Gasteiger partial charge on any atom is 0.243 e. The van der Waals surface area contributed by atoms with Crippen molar-refractivity contribution in [2.75, 3.05) is 26.3 Å². The number of ether oxygens (including phenoxy) is 2. The maximum absolute atomic E-state index is 13.4. The number of piperidine rings is 1. The van der Waals surface area contributed by atoms with Crippen molar-refractivity contribution in [1.29, 1.82) is 0 Å². The molecule has 0 amide bonds. The van der Waals surface area contributed by atoms with Gasteiger partial charge in [-0.25, -0.2) is 8.42 Å². The number of hydrogen-bond donors (Lipinski definition) is 0. The van der Waals surface area contributed by atoms with Crippen LogP contribution < -0.4 is 0 Å². The van der Waals surface area contributed by atoms with E-state index in [1.165, 1.54) is 22.5 Å². The number of hydrogen-bond acceptors (Lipinski definition) is 6. The molecule has 2 aromatic carbocycles. The summed E-state index contributed by atoms with van der Waals surface area (Å²) in [5, 5.41) is 0. The molecule has 0 unspecified atom stereocenters. The van der Waals surface area contributed by atoms with Gasteiger partial charge >= 0.3 is 0 Å². The van der Waals surface area contributed by atoms with Crippen LogP contribution in [0.15, 0.2) is 47.4 Å². The smallest absolute Gasteiger partial charge is 0.243 e. The Morgan fingerprint density at radius 3 is 2.03 bits per heavy atom. The first-order valence-corrected chi connectivity index (χ1v) is 11.0. The molecule has 0 atom stereocenters. The Kier molecular flexibility index (Phi) is 4.22. The van der Waals surface area contributed by atoms with Crippen molar-refractivity contribution in [3.8, 4) is 0 Å². The van der Waals surface area contributed by atoms with Gasteiger partial charge in [0.2, 0.25) is 10.0 Å². The Balaban J connectivity index is 1.54. The lowest BCUT2D eigenvalue weighted by Gasteiger charge is -2.37. The lowest BCUT2D eigenvalue weighted by molar-refractivity contribution is -0.179. The van der Waals surface area contributed by atoms with Crippen LogP contribution in [0, 0.1) is 0 Å². The summed E-state index contributed by atoms with van der Waals surface area (Å²) in [7, 11) is -3.96. The summed E-state index contributed by atoms with van der Waals surface area (Å²) in [4.78, 5) is 25.9. The van der Waals surface area contributed by atoms with Gasteiger partial charge < -0.3 is 9.47 Å². The highest BCUT2D eigenvalue weighted by atomic mass is 32.2. The van der Waals surface area contributed by atoms with Gasteiger partial charge in [0, 0.05) is 42.6 Å². The van der Waals surface area contributed by atoms with Crippen LogP contribution in [0.1, 0.15) is 44.7 Å². The number of rotatable bonds is 2. The molecule has 2 aromatic rings. The van der Waals surface area contributed by atoms with Gasteiger partial charge in [-0.1, -0.05) is 36.4 Å². The average molecular weight is 413 g/mol. The summed E-state index contributed by atoms with van der Waals surface area (Å²) >= 11 is 0. The number of fused-ring (bicyclic) bond motifs is 2. The molecule has 0 saturated carbocycles. The largest absolute Gasteiger partial charge is 0.347 e. The van der Waals surface area contributed by atoms with Crippen LogP contribution >= 0.6 is 0 Å². The molecule has 2 fully saturated rings. The van der Waals surface area contributed by atoms with Crippen molar-refractivity contribution in [1.82, 2.24) is 4.31 Å². The van der Waals surface area contributed by atoms with Crippen LogP contribution in [0.5, 0.6) is 0 Å². The fourth-order valence-corrected chi connectivity index (χ4v) is 5.97. The number of carbonyl (C=O) groups is 2. The Morgan fingerprint density at radius 1 is 0.793 bits per heavy atom. The monoisotopic (exact) mass is 413 g/mol. The Morgan fingerprint density at radius 2 is 1.38 bits per heavy atom. The molecular formula is C21H19NO6S. The van der Waals surface area contributed by atoms with Gasteiger partial charge in [-0.15, -0.1) is 0 Å². The molecule has 8 heteroatoms. The van der Waals surface area contributed by atoms with Crippen LogP contribution in [0.4, 0.5) is 0 Å². The van der Waals surface area contributed by atoms with Crippen LogP contribution in [0.2, 0.25) is 0 Å². The minimum absolute atomic E-state index is 0.0372. The zero-order valence-electron chi connectivity index (χ0n) is 15.6. The van der Waals surface area contributed by atoms with Gasteiger partial charge in [0.1, 0.15) is 0 Å². The fraction of sp³-hybridized carbons (Fsp3) is 0.333. The van der Waals surface area contributed by atoms with Crippen LogP contribution in [0.25, 0.3) is 0 Å². The molecule has 5 rings (SSSR count). The molecular weight excluding hydrogens is 394 g/mol. The Labute approximate surface area is 168 Å². The van der Waals surface area contributed by atoms with Crippen molar-refractivity contribution >= 4 is 21.6 Å². The normalized spacial score (nSPS) is 21.2. The molecule has 1 spiro atoms. The van der Waals surface area contributed by atoms with Crippen LogP contribution in [0.3, 0.4) is 0 Å². The summed E-state index contributed by atoms with van der Waals surface area (Å²) in [6.45, 7) is 1.47. The molecule has 0 aromatic heterocycles. The van der Waals surface area contributed by atoms with E-state index in [0.717, 1.165) is 0 Å². The van der Waals surface area contributed by atoms with Gasteiger partial charge in [-0.05, 0) is 6.07 Å². The molecule has 2 aliphatic heterocycles. The SMILES string of the molecule is O=C1c2ccccc2C(=O)c2c1cccc2S(=O)(=O)N1CCC2(CC1)OCCO2. The van der Waals surface area contributed by atoms with Gasteiger partial charge in [0.25, 0.3) is 0 Å². The number of carbonyl (C=O) groups excluding carboxylic acids is 2. The number of sulfonamides is 1. The second-order valence-electron chi connectivity index (χ2n) is 7.39. The third-order valence-corrected chi connectivity index (χ3v) is 7.77. The third-order valence-electron chi connectivity index (χ3n) is 5.83. The van der Waals surface area contributed by atoms with E-state index in [0.29, 0.717) is 31.6 Å². The molecule has 3 aliphatic rings. The average Bonchev–Trinajstić information content (AvgIpc) is 3.19. The van der Waals surface area contributed by atoms with E-state index in [1.807, 2.05) is 0 Å². The summed E-state index contributed by atoms with van der Waals surface area (Å²) in [5.41, 5.74) is 0.628. The molecule has 7 nitrogen and oxygen atoms in total. The highest BCUT2D eigenvalue weighted by Crippen LogP contribution is 2.36. The topological polar surface area (TPSA) is 90.0 Å². The third kappa shape index (κ3) is 2.78. The molecule has 150 valence electrons. The molecule has 0 N–H and O–H groups in total. The quantitative estimate of drug-likeness (QED) is 0.638. The predicted octanol–water partition coefficient (Wildman–Crippen LogP) is 1.99. The zero-order chi connectivity index (χ0) is 20.2. The predicted molar refractivity (Wildman–Crippen MR) is 102 cm³/mol. The number of nitrogens with zero attached hydrogens (tertiary/aromatic N) is 1. The van der Waals surface area contributed by atoms with Crippen molar-refractivity contribution < 1.29 is 27.5 Å². The highest BCUT2D eigenvalue weighted by molar-refractivity contribution is 7.89. The summed E-state index contributed by atoms with van der Waals surface area (Å²) in [5.74, 6) is -1.48. The lowest BCUT2D eigenvalue weighted by Crippen LogP contribution is -2.47. The summed E-state index contributed by atoms with van der Waals surface area (Å²) in [6, 6.07) is 10.9. The standard InChI is InChI=1S/C21H19NO6S/c23-19-14-4-1-2-5-15(14)20(24)18-16(19)6-3-7-17(18)29(25,26)22-10-8-21(9-11-22)27-12-13-28-21/h1-7H,8-13H2.